The van der Waals surface area contributed by atoms with Crippen LogP contribution in [0.5, 0.6) is 0 Å². The van der Waals surface area contributed by atoms with E-state index in [1.54, 1.807) is 31.2 Å². The lowest BCUT2D eigenvalue weighted by molar-refractivity contribution is 0.0653. The standard InChI is InChI=1S/C12H17N5O4/c1-16-8-9(7-13-16)11-10(12(18)19)14-15-17(11)3-4-21-6-5-20-2/h7-8H,3-6H2,1-2H3,(H,18,19). The van der Waals surface area contributed by atoms with Crippen molar-refractivity contribution in [3.8, 4) is 11.3 Å². The molecule has 0 atom stereocenters. The second-order valence-electron chi connectivity index (χ2n) is 4.32. The van der Waals surface area contributed by atoms with Gasteiger partial charge in [0.2, 0.25) is 0 Å². The Bertz CT molecular complexity index is 607. The number of aromatic carboxylic acids is 1. The van der Waals surface area contributed by atoms with Crippen molar-refractivity contribution in [1.82, 2.24) is 24.8 Å². The van der Waals surface area contributed by atoms with Crippen LogP contribution >= 0.6 is 0 Å². The van der Waals surface area contributed by atoms with Gasteiger partial charge in [-0.3, -0.25) is 4.68 Å². The fourth-order valence-corrected chi connectivity index (χ4v) is 1.84. The second kappa shape index (κ2) is 6.95. The van der Waals surface area contributed by atoms with Gasteiger partial charge in [-0.15, -0.1) is 5.10 Å². The van der Waals surface area contributed by atoms with Gasteiger partial charge in [-0.05, 0) is 0 Å². The average molecular weight is 295 g/mol. The number of carbonyl (C=O) groups is 1. The highest BCUT2D eigenvalue weighted by Gasteiger charge is 2.21. The van der Waals surface area contributed by atoms with Gasteiger partial charge in [0, 0.05) is 25.9 Å². The summed E-state index contributed by atoms with van der Waals surface area (Å²) in [6.07, 6.45) is 3.29. The van der Waals surface area contributed by atoms with E-state index in [2.05, 4.69) is 15.4 Å². The van der Waals surface area contributed by atoms with Crippen LogP contribution in [0.1, 0.15) is 10.5 Å². The van der Waals surface area contributed by atoms with E-state index in [-0.39, 0.29) is 5.69 Å². The first kappa shape index (κ1) is 15.1. The summed E-state index contributed by atoms with van der Waals surface area (Å²) < 4.78 is 13.3. The van der Waals surface area contributed by atoms with Crippen LogP contribution in [-0.4, -0.2) is 62.8 Å². The number of nitrogens with zero attached hydrogens (tertiary/aromatic N) is 5. The Morgan fingerprint density at radius 2 is 2.19 bits per heavy atom. The Morgan fingerprint density at radius 1 is 1.38 bits per heavy atom. The summed E-state index contributed by atoms with van der Waals surface area (Å²) >= 11 is 0. The molecular formula is C12H17N5O4. The highest BCUT2D eigenvalue weighted by Crippen LogP contribution is 2.21. The third-order valence-electron chi connectivity index (χ3n) is 2.80. The summed E-state index contributed by atoms with van der Waals surface area (Å²) in [5.41, 5.74) is 0.975. The van der Waals surface area contributed by atoms with Crippen LogP contribution in [0, 0.1) is 0 Å². The molecule has 2 aromatic heterocycles. The Kier molecular flexibility index (Phi) is 5.01. The average Bonchev–Trinajstić information content (AvgIpc) is 3.04. The van der Waals surface area contributed by atoms with Crippen molar-refractivity contribution in [2.75, 3.05) is 26.9 Å². The van der Waals surface area contributed by atoms with Crippen LogP contribution in [0.4, 0.5) is 0 Å². The maximum atomic E-state index is 11.2. The van der Waals surface area contributed by atoms with Gasteiger partial charge in [-0.25, -0.2) is 9.48 Å². The van der Waals surface area contributed by atoms with Crippen LogP contribution in [0.15, 0.2) is 12.4 Å². The number of rotatable bonds is 8. The Balaban J connectivity index is 2.16. The van der Waals surface area contributed by atoms with Gasteiger partial charge in [0.05, 0.1) is 32.6 Å². The summed E-state index contributed by atoms with van der Waals surface area (Å²) in [6, 6.07) is 0. The van der Waals surface area contributed by atoms with Crippen molar-refractivity contribution >= 4 is 5.97 Å². The molecule has 0 aliphatic rings. The molecule has 2 heterocycles. The minimum atomic E-state index is -1.12. The molecule has 0 aliphatic heterocycles. The molecule has 1 N–H and O–H groups in total. The number of carboxylic acid groups (broad SMARTS) is 1. The zero-order chi connectivity index (χ0) is 15.2. The summed E-state index contributed by atoms with van der Waals surface area (Å²) in [7, 11) is 3.35. The van der Waals surface area contributed by atoms with Gasteiger partial charge in [0.25, 0.3) is 0 Å². The number of hydrogen-bond donors (Lipinski definition) is 1. The fraction of sp³-hybridized carbons (Fsp3) is 0.500. The molecule has 0 unspecified atom stereocenters. The quantitative estimate of drug-likeness (QED) is 0.685. The molecule has 0 aromatic carbocycles. The zero-order valence-corrected chi connectivity index (χ0v) is 11.9. The van der Waals surface area contributed by atoms with Crippen LogP contribution in [0.25, 0.3) is 11.3 Å². The first-order chi connectivity index (χ1) is 10.1. The predicted octanol–water partition coefficient (Wildman–Crippen LogP) is 0.0398. The topological polar surface area (TPSA) is 104 Å². The first-order valence-corrected chi connectivity index (χ1v) is 6.36. The van der Waals surface area contributed by atoms with Crippen molar-refractivity contribution in [3.05, 3.63) is 18.1 Å². The van der Waals surface area contributed by atoms with Gasteiger partial charge in [-0.1, -0.05) is 5.21 Å². The lowest BCUT2D eigenvalue weighted by Gasteiger charge is -2.06. The van der Waals surface area contributed by atoms with Crippen LogP contribution in [0.2, 0.25) is 0 Å². The lowest BCUT2D eigenvalue weighted by Crippen LogP contribution is -2.12. The molecule has 21 heavy (non-hydrogen) atoms. The van der Waals surface area contributed by atoms with E-state index < -0.39 is 5.97 Å². The third kappa shape index (κ3) is 3.64. The smallest absolute Gasteiger partial charge is 0.358 e. The van der Waals surface area contributed by atoms with Crippen LogP contribution in [-0.2, 0) is 23.1 Å². The number of aryl methyl sites for hydroxylation is 1. The fourth-order valence-electron chi connectivity index (χ4n) is 1.84. The maximum Gasteiger partial charge on any atom is 0.358 e. The molecule has 0 spiro atoms. The molecule has 0 amide bonds. The lowest BCUT2D eigenvalue weighted by atomic mass is 10.2. The Hall–Kier alpha value is -2.26. The highest BCUT2D eigenvalue weighted by atomic mass is 16.5. The minimum Gasteiger partial charge on any atom is -0.476 e. The number of carboxylic acids is 1. The largest absolute Gasteiger partial charge is 0.476 e. The molecule has 0 radical (unpaired) electrons. The summed E-state index contributed by atoms with van der Waals surface area (Å²) in [5, 5.41) is 20.8. The molecule has 0 saturated heterocycles. The molecular weight excluding hydrogens is 278 g/mol. The van der Waals surface area contributed by atoms with Gasteiger partial charge < -0.3 is 14.6 Å². The van der Waals surface area contributed by atoms with Crippen molar-refractivity contribution in [2.24, 2.45) is 7.05 Å². The third-order valence-corrected chi connectivity index (χ3v) is 2.80. The van der Waals surface area contributed by atoms with E-state index in [1.807, 2.05) is 0 Å². The SMILES string of the molecule is COCCOCCn1nnc(C(=O)O)c1-c1cnn(C)c1. The van der Waals surface area contributed by atoms with E-state index in [1.165, 1.54) is 4.68 Å². The van der Waals surface area contributed by atoms with Gasteiger partial charge in [0.1, 0.15) is 5.69 Å². The van der Waals surface area contributed by atoms with E-state index in [0.29, 0.717) is 37.6 Å². The molecule has 114 valence electrons. The molecule has 0 bridgehead atoms. The van der Waals surface area contributed by atoms with Crippen LogP contribution in [0.3, 0.4) is 0 Å². The monoisotopic (exact) mass is 295 g/mol. The van der Waals surface area contributed by atoms with Crippen molar-refractivity contribution in [3.63, 3.8) is 0 Å². The molecule has 2 rings (SSSR count). The van der Waals surface area contributed by atoms with Gasteiger partial charge >= 0.3 is 5.97 Å². The maximum absolute atomic E-state index is 11.2. The molecule has 9 heteroatoms. The van der Waals surface area contributed by atoms with Crippen LogP contribution < -0.4 is 0 Å². The molecule has 0 saturated carbocycles. The molecule has 0 aliphatic carbocycles. The number of hydrogen-bond acceptors (Lipinski definition) is 6. The summed E-state index contributed by atoms with van der Waals surface area (Å²) in [5.74, 6) is -1.12. The molecule has 0 fully saturated rings. The Morgan fingerprint density at radius 3 is 2.81 bits per heavy atom. The van der Waals surface area contributed by atoms with Gasteiger partial charge in [0.15, 0.2) is 5.69 Å². The predicted molar refractivity (Wildman–Crippen MR) is 71.9 cm³/mol. The molecule has 2 aromatic rings. The zero-order valence-electron chi connectivity index (χ0n) is 11.9. The highest BCUT2D eigenvalue weighted by molar-refractivity contribution is 5.92. The Labute approximate surface area is 121 Å². The van der Waals surface area contributed by atoms with E-state index in [0.717, 1.165) is 0 Å². The van der Waals surface area contributed by atoms with E-state index in [4.69, 9.17) is 9.47 Å². The van der Waals surface area contributed by atoms with Crippen molar-refractivity contribution in [1.29, 1.82) is 0 Å². The summed E-state index contributed by atoms with van der Waals surface area (Å²) in [6.45, 7) is 1.76. The van der Waals surface area contributed by atoms with Gasteiger partial charge in [-0.2, -0.15) is 5.10 Å². The number of methoxy groups -OCH3 is 1. The first-order valence-electron chi connectivity index (χ1n) is 6.36. The minimum absolute atomic E-state index is 0.0973. The van der Waals surface area contributed by atoms with E-state index >= 15 is 0 Å². The van der Waals surface area contributed by atoms with E-state index in [9.17, 15) is 9.90 Å². The number of aromatic nitrogens is 5. The normalized spacial score (nSPS) is 11.0. The summed E-state index contributed by atoms with van der Waals surface area (Å²) in [4.78, 5) is 11.2. The number of ether oxygens (including phenoxy) is 2. The van der Waals surface area contributed by atoms with Crippen molar-refractivity contribution in [2.45, 2.75) is 6.54 Å². The molecule has 9 nitrogen and oxygen atoms in total. The van der Waals surface area contributed by atoms with Crippen molar-refractivity contribution < 1.29 is 19.4 Å². The second-order valence-corrected chi connectivity index (χ2v) is 4.32.